The molecule has 0 saturated carbocycles. The highest BCUT2D eigenvalue weighted by molar-refractivity contribution is 7.89. The van der Waals surface area contributed by atoms with Gasteiger partial charge in [-0.2, -0.15) is 4.31 Å². The number of benzene rings is 1. The molecule has 0 bridgehead atoms. The third-order valence-electron chi connectivity index (χ3n) is 4.06. The Bertz CT molecular complexity index is 652. The van der Waals surface area contributed by atoms with Crippen molar-refractivity contribution in [3.8, 4) is 0 Å². The summed E-state index contributed by atoms with van der Waals surface area (Å²) in [6, 6.07) is 6.20. The van der Waals surface area contributed by atoms with Gasteiger partial charge in [-0.05, 0) is 31.0 Å². The van der Waals surface area contributed by atoms with E-state index >= 15 is 0 Å². The van der Waals surface area contributed by atoms with Crippen molar-refractivity contribution in [1.29, 1.82) is 0 Å². The molecule has 0 spiro atoms. The number of amides is 1. The Morgan fingerprint density at radius 2 is 1.87 bits per heavy atom. The highest BCUT2D eigenvalue weighted by Gasteiger charge is 2.27. The quantitative estimate of drug-likeness (QED) is 0.881. The highest BCUT2D eigenvalue weighted by Crippen LogP contribution is 2.18. The number of ether oxygens (including phenoxy) is 1. The Hall–Kier alpha value is -1.44. The van der Waals surface area contributed by atoms with Crippen LogP contribution in [-0.2, 0) is 14.8 Å². The summed E-state index contributed by atoms with van der Waals surface area (Å²) in [5.74, 6) is 0.0458. The van der Waals surface area contributed by atoms with Crippen molar-refractivity contribution in [1.82, 2.24) is 9.62 Å². The van der Waals surface area contributed by atoms with E-state index in [1.807, 2.05) is 20.8 Å². The van der Waals surface area contributed by atoms with Crippen LogP contribution < -0.4 is 5.32 Å². The van der Waals surface area contributed by atoms with Gasteiger partial charge in [0, 0.05) is 24.7 Å². The summed E-state index contributed by atoms with van der Waals surface area (Å²) in [4.78, 5) is 12.4. The lowest BCUT2D eigenvalue weighted by molar-refractivity contribution is 0.0730. The number of sulfonamides is 1. The van der Waals surface area contributed by atoms with Crippen molar-refractivity contribution in [3.63, 3.8) is 0 Å². The van der Waals surface area contributed by atoms with Crippen molar-refractivity contribution in [2.45, 2.75) is 31.7 Å². The minimum absolute atomic E-state index is 0.0157. The van der Waals surface area contributed by atoms with Gasteiger partial charge in [0.15, 0.2) is 0 Å². The summed E-state index contributed by atoms with van der Waals surface area (Å²) in [7, 11) is -3.59. The van der Waals surface area contributed by atoms with E-state index in [4.69, 9.17) is 4.74 Å². The summed E-state index contributed by atoms with van der Waals surface area (Å²) >= 11 is 0. The molecule has 1 amide bonds. The number of carbonyl (C=O) groups excluding carboxylic acids is 1. The topological polar surface area (TPSA) is 75.7 Å². The molecule has 0 aliphatic carbocycles. The standard InChI is InChI=1S/C16H24N2O4S/c1-12(2)13(3)17-16(19)14-5-4-6-15(11-14)23(20,21)18-7-9-22-10-8-18/h4-6,11-13H,7-10H2,1-3H3,(H,17,19). The van der Waals surface area contributed by atoms with Crippen LogP contribution in [0.2, 0.25) is 0 Å². The van der Waals surface area contributed by atoms with Gasteiger partial charge in [0.05, 0.1) is 18.1 Å². The maximum Gasteiger partial charge on any atom is 0.251 e. The fourth-order valence-electron chi connectivity index (χ4n) is 2.19. The molecule has 6 nitrogen and oxygen atoms in total. The number of rotatable bonds is 5. The Balaban J connectivity index is 2.20. The number of hydrogen-bond acceptors (Lipinski definition) is 4. The van der Waals surface area contributed by atoms with Gasteiger partial charge in [-0.15, -0.1) is 0 Å². The second-order valence-corrected chi connectivity index (χ2v) is 7.99. The SMILES string of the molecule is CC(C)C(C)NC(=O)c1cccc(S(=O)(=O)N2CCOCC2)c1. The monoisotopic (exact) mass is 340 g/mol. The maximum atomic E-state index is 12.6. The summed E-state index contributed by atoms with van der Waals surface area (Å²) in [5.41, 5.74) is 0.354. The van der Waals surface area contributed by atoms with Crippen molar-refractivity contribution < 1.29 is 17.9 Å². The average molecular weight is 340 g/mol. The molecule has 1 aromatic carbocycles. The fraction of sp³-hybridized carbons (Fsp3) is 0.562. The molecule has 7 heteroatoms. The van der Waals surface area contributed by atoms with E-state index in [1.54, 1.807) is 12.1 Å². The third-order valence-corrected chi connectivity index (χ3v) is 5.96. The van der Waals surface area contributed by atoms with Gasteiger partial charge >= 0.3 is 0 Å². The predicted molar refractivity (Wildman–Crippen MR) is 87.8 cm³/mol. The van der Waals surface area contributed by atoms with Gasteiger partial charge in [0.25, 0.3) is 5.91 Å². The lowest BCUT2D eigenvalue weighted by atomic mass is 10.1. The lowest BCUT2D eigenvalue weighted by Gasteiger charge is -2.26. The molecule has 0 radical (unpaired) electrons. The number of carbonyl (C=O) groups is 1. The first kappa shape index (κ1) is 17.9. The molecule has 2 rings (SSSR count). The minimum Gasteiger partial charge on any atom is -0.379 e. The second-order valence-electron chi connectivity index (χ2n) is 6.05. The van der Waals surface area contributed by atoms with Crippen molar-refractivity contribution in [2.75, 3.05) is 26.3 Å². The van der Waals surface area contributed by atoms with E-state index in [9.17, 15) is 13.2 Å². The van der Waals surface area contributed by atoms with Crippen LogP contribution in [0.4, 0.5) is 0 Å². The van der Waals surface area contributed by atoms with Crippen LogP contribution in [0, 0.1) is 5.92 Å². The van der Waals surface area contributed by atoms with Crippen molar-refractivity contribution >= 4 is 15.9 Å². The fourth-order valence-corrected chi connectivity index (χ4v) is 3.64. The average Bonchev–Trinajstić information content (AvgIpc) is 2.55. The van der Waals surface area contributed by atoms with Crippen LogP contribution in [-0.4, -0.2) is 51.0 Å². The molecule has 128 valence electrons. The zero-order valence-electron chi connectivity index (χ0n) is 13.8. The first-order valence-electron chi connectivity index (χ1n) is 7.81. The van der Waals surface area contributed by atoms with E-state index in [-0.39, 0.29) is 16.8 Å². The molecule has 1 N–H and O–H groups in total. The van der Waals surface area contributed by atoms with Crippen LogP contribution in [0.5, 0.6) is 0 Å². The molecule has 1 aliphatic rings. The predicted octanol–water partition coefficient (Wildman–Crippen LogP) is 1.48. The van der Waals surface area contributed by atoms with Gasteiger partial charge < -0.3 is 10.1 Å². The largest absolute Gasteiger partial charge is 0.379 e. The first-order chi connectivity index (χ1) is 10.8. The van der Waals surface area contributed by atoms with E-state index in [1.165, 1.54) is 16.4 Å². The molecule has 1 heterocycles. The van der Waals surface area contributed by atoms with Crippen LogP contribution in [0.1, 0.15) is 31.1 Å². The van der Waals surface area contributed by atoms with Gasteiger partial charge in [-0.25, -0.2) is 8.42 Å². The van der Waals surface area contributed by atoms with Gasteiger partial charge in [0.2, 0.25) is 10.0 Å². The Kier molecular flexibility index (Phi) is 5.78. The van der Waals surface area contributed by atoms with E-state index in [0.717, 1.165) is 0 Å². The third kappa shape index (κ3) is 4.31. The summed E-state index contributed by atoms with van der Waals surface area (Å²) in [6.45, 7) is 7.42. The molecule has 1 aliphatic heterocycles. The minimum atomic E-state index is -3.59. The number of nitrogens with one attached hydrogen (secondary N) is 1. The van der Waals surface area contributed by atoms with Gasteiger partial charge in [-0.1, -0.05) is 19.9 Å². The number of morpholine rings is 1. The Labute approximate surface area is 137 Å². The van der Waals surface area contributed by atoms with Gasteiger partial charge in [-0.3, -0.25) is 4.79 Å². The summed E-state index contributed by atoms with van der Waals surface area (Å²) < 4.78 is 31.8. The Morgan fingerprint density at radius 1 is 1.22 bits per heavy atom. The van der Waals surface area contributed by atoms with E-state index in [0.29, 0.717) is 37.8 Å². The van der Waals surface area contributed by atoms with Crippen LogP contribution >= 0.6 is 0 Å². The Morgan fingerprint density at radius 3 is 2.48 bits per heavy atom. The van der Waals surface area contributed by atoms with Crippen molar-refractivity contribution in [3.05, 3.63) is 29.8 Å². The second kappa shape index (κ2) is 7.42. The number of hydrogen-bond donors (Lipinski definition) is 1. The maximum absolute atomic E-state index is 12.6. The highest BCUT2D eigenvalue weighted by atomic mass is 32.2. The van der Waals surface area contributed by atoms with E-state index < -0.39 is 10.0 Å². The zero-order valence-corrected chi connectivity index (χ0v) is 14.6. The molecule has 0 aromatic heterocycles. The number of nitrogens with zero attached hydrogens (tertiary/aromatic N) is 1. The van der Waals surface area contributed by atoms with Crippen LogP contribution in [0.15, 0.2) is 29.2 Å². The van der Waals surface area contributed by atoms with Gasteiger partial charge in [0.1, 0.15) is 0 Å². The molecular weight excluding hydrogens is 316 g/mol. The van der Waals surface area contributed by atoms with Crippen LogP contribution in [0.25, 0.3) is 0 Å². The zero-order chi connectivity index (χ0) is 17.0. The molecule has 1 atom stereocenters. The summed E-state index contributed by atoms with van der Waals surface area (Å²) in [6.07, 6.45) is 0. The first-order valence-corrected chi connectivity index (χ1v) is 9.25. The summed E-state index contributed by atoms with van der Waals surface area (Å²) in [5, 5.41) is 2.89. The molecule has 23 heavy (non-hydrogen) atoms. The molecule has 1 unspecified atom stereocenters. The molecular formula is C16H24N2O4S. The lowest BCUT2D eigenvalue weighted by Crippen LogP contribution is -2.40. The normalized spacial score (nSPS) is 17.9. The van der Waals surface area contributed by atoms with Crippen LogP contribution in [0.3, 0.4) is 0 Å². The van der Waals surface area contributed by atoms with Crippen molar-refractivity contribution in [2.24, 2.45) is 5.92 Å². The molecule has 1 aromatic rings. The smallest absolute Gasteiger partial charge is 0.251 e. The van der Waals surface area contributed by atoms with E-state index in [2.05, 4.69) is 5.32 Å². The molecule has 1 saturated heterocycles. The molecule has 1 fully saturated rings.